The maximum absolute atomic E-state index is 12.9. The van der Waals surface area contributed by atoms with Crippen LogP contribution in [0.25, 0.3) is 0 Å². The summed E-state index contributed by atoms with van der Waals surface area (Å²) in [6, 6.07) is 8.30. The first-order chi connectivity index (χ1) is 10.3. The largest absolute Gasteiger partial charge is 0.314 e. The third kappa shape index (κ3) is 4.04. The van der Waals surface area contributed by atoms with Gasteiger partial charge in [0.1, 0.15) is 5.82 Å². The van der Waals surface area contributed by atoms with Gasteiger partial charge in [-0.25, -0.2) is 4.39 Å². The van der Waals surface area contributed by atoms with Crippen molar-refractivity contribution in [2.45, 2.75) is 57.0 Å². The molecule has 21 heavy (non-hydrogen) atoms. The Morgan fingerprint density at radius 1 is 1.05 bits per heavy atom. The van der Waals surface area contributed by atoms with Crippen LogP contribution in [0.2, 0.25) is 0 Å². The number of rotatable bonds is 5. The lowest BCUT2D eigenvalue weighted by molar-refractivity contribution is 0.216. The maximum Gasteiger partial charge on any atom is 0.123 e. The minimum absolute atomic E-state index is 0.147. The lowest BCUT2D eigenvalue weighted by atomic mass is 9.79. The summed E-state index contributed by atoms with van der Waals surface area (Å²) in [7, 11) is 0. The lowest BCUT2D eigenvalue weighted by Gasteiger charge is -2.36. The highest BCUT2D eigenvalue weighted by molar-refractivity contribution is 5.16. The average molecular weight is 290 g/mol. The fourth-order valence-electron chi connectivity index (χ4n) is 4.02. The van der Waals surface area contributed by atoms with Gasteiger partial charge in [-0.2, -0.15) is 0 Å². The van der Waals surface area contributed by atoms with Crippen molar-refractivity contribution in [2.75, 3.05) is 13.1 Å². The summed E-state index contributed by atoms with van der Waals surface area (Å²) < 4.78 is 12.9. The van der Waals surface area contributed by atoms with Crippen molar-refractivity contribution in [1.29, 1.82) is 0 Å². The maximum atomic E-state index is 12.9. The van der Waals surface area contributed by atoms with Gasteiger partial charge < -0.3 is 10.6 Å². The van der Waals surface area contributed by atoms with Gasteiger partial charge in [0.25, 0.3) is 0 Å². The molecule has 2 fully saturated rings. The molecule has 0 aromatic heterocycles. The topological polar surface area (TPSA) is 24.1 Å². The molecule has 1 saturated carbocycles. The quantitative estimate of drug-likeness (QED) is 0.869. The standard InChI is InChI=1S/C18H27FN2/c19-15-9-7-14(8-10-15)11-13-21-17-5-2-1-4-16(17)18-6-3-12-20-18/h7-10,16-18,20-21H,1-6,11-13H2. The molecule has 3 unspecified atom stereocenters. The van der Waals surface area contributed by atoms with Crippen LogP contribution in [-0.2, 0) is 6.42 Å². The van der Waals surface area contributed by atoms with E-state index in [4.69, 9.17) is 0 Å². The van der Waals surface area contributed by atoms with Gasteiger partial charge in [0.05, 0.1) is 0 Å². The van der Waals surface area contributed by atoms with E-state index in [0.717, 1.165) is 24.9 Å². The van der Waals surface area contributed by atoms with E-state index in [-0.39, 0.29) is 5.82 Å². The SMILES string of the molecule is Fc1ccc(CCNC2CCCCC2C2CCCN2)cc1. The number of hydrogen-bond acceptors (Lipinski definition) is 2. The molecular weight excluding hydrogens is 263 g/mol. The van der Waals surface area contributed by atoms with Crippen molar-refractivity contribution in [3.05, 3.63) is 35.6 Å². The van der Waals surface area contributed by atoms with Gasteiger partial charge >= 0.3 is 0 Å². The number of hydrogen-bond donors (Lipinski definition) is 2. The molecule has 3 atom stereocenters. The van der Waals surface area contributed by atoms with Gasteiger partial charge in [-0.1, -0.05) is 25.0 Å². The van der Waals surface area contributed by atoms with Gasteiger partial charge in [0.2, 0.25) is 0 Å². The van der Waals surface area contributed by atoms with Crippen LogP contribution < -0.4 is 10.6 Å². The summed E-state index contributed by atoms with van der Waals surface area (Å²) in [5, 5.41) is 7.47. The van der Waals surface area contributed by atoms with E-state index < -0.39 is 0 Å². The van der Waals surface area contributed by atoms with E-state index in [1.54, 1.807) is 12.1 Å². The lowest BCUT2D eigenvalue weighted by Crippen LogP contribution is -2.47. The first kappa shape index (κ1) is 15.0. The van der Waals surface area contributed by atoms with Crippen molar-refractivity contribution in [2.24, 2.45) is 5.92 Å². The summed E-state index contributed by atoms with van der Waals surface area (Å²) in [6.45, 7) is 2.20. The molecule has 0 amide bonds. The molecule has 2 N–H and O–H groups in total. The van der Waals surface area contributed by atoms with E-state index in [0.29, 0.717) is 6.04 Å². The Morgan fingerprint density at radius 2 is 1.86 bits per heavy atom. The number of halogens is 1. The van der Waals surface area contributed by atoms with Crippen LogP contribution in [0.4, 0.5) is 4.39 Å². The monoisotopic (exact) mass is 290 g/mol. The van der Waals surface area contributed by atoms with Crippen LogP contribution in [0.1, 0.15) is 44.1 Å². The molecule has 2 aliphatic rings. The molecule has 116 valence electrons. The Balaban J connectivity index is 1.49. The molecule has 0 spiro atoms. The molecule has 1 aromatic rings. The number of benzene rings is 1. The molecule has 0 bridgehead atoms. The van der Waals surface area contributed by atoms with Crippen molar-refractivity contribution in [3.8, 4) is 0 Å². The zero-order valence-electron chi connectivity index (χ0n) is 12.8. The Labute approximate surface area is 127 Å². The zero-order chi connectivity index (χ0) is 14.5. The van der Waals surface area contributed by atoms with Gasteiger partial charge in [-0.15, -0.1) is 0 Å². The van der Waals surface area contributed by atoms with Crippen LogP contribution in [-0.4, -0.2) is 25.2 Å². The highest BCUT2D eigenvalue weighted by Gasteiger charge is 2.32. The fraction of sp³-hybridized carbons (Fsp3) is 0.667. The molecule has 2 nitrogen and oxygen atoms in total. The van der Waals surface area contributed by atoms with Crippen molar-refractivity contribution in [3.63, 3.8) is 0 Å². The predicted octanol–water partition coefficient (Wildman–Crippen LogP) is 3.27. The molecular formula is C18H27FN2. The Kier molecular flexibility index (Phi) is 5.26. The third-order valence-electron chi connectivity index (χ3n) is 5.17. The normalized spacial score (nSPS) is 29.7. The Morgan fingerprint density at radius 3 is 2.62 bits per heavy atom. The second-order valence-electron chi connectivity index (χ2n) is 6.59. The Hall–Kier alpha value is -0.930. The summed E-state index contributed by atoms with van der Waals surface area (Å²) in [5.41, 5.74) is 1.22. The van der Waals surface area contributed by atoms with E-state index in [1.807, 2.05) is 12.1 Å². The second kappa shape index (κ2) is 7.37. The van der Waals surface area contributed by atoms with Crippen molar-refractivity contribution >= 4 is 0 Å². The van der Waals surface area contributed by atoms with Gasteiger partial charge in [-0.3, -0.25) is 0 Å². The molecule has 1 aliphatic heterocycles. The van der Waals surface area contributed by atoms with Gasteiger partial charge in [-0.05, 0) is 68.8 Å². The average Bonchev–Trinajstić information content (AvgIpc) is 3.04. The van der Waals surface area contributed by atoms with E-state index in [1.165, 1.54) is 50.6 Å². The van der Waals surface area contributed by atoms with Crippen molar-refractivity contribution in [1.82, 2.24) is 10.6 Å². The fourth-order valence-corrected chi connectivity index (χ4v) is 4.02. The smallest absolute Gasteiger partial charge is 0.123 e. The first-order valence-electron chi connectivity index (χ1n) is 8.54. The van der Waals surface area contributed by atoms with E-state index >= 15 is 0 Å². The van der Waals surface area contributed by atoms with Crippen molar-refractivity contribution < 1.29 is 4.39 Å². The molecule has 1 aliphatic carbocycles. The first-order valence-corrected chi connectivity index (χ1v) is 8.54. The van der Waals surface area contributed by atoms with E-state index in [2.05, 4.69) is 10.6 Å². The summed E-state index contributed by atoms with van der Waals surface area (Å²) in [6.07, 6.45) is 9.10. The predicted molar refractivity (Wildman–Crippen MR) is 84.9 cm³/mol. The van der Waals surface area contributed by atoms with Crippen LogP contribution in [0.5, 0.6) is 0 Å². The molecule has 0 radical (unpaired) electrons. The minimum Gasteiger partial charge on any atom is -0.314 e. The van der Waals surface area contributed by atoms with Crippen LogP contribution in [0.15, 0.2) is 24.3 Å². The summed E-state index contributed by atoms with van der Waals surface area (Å²) in [5.74, 6) is 0.654. The number of nitrogens with one attached hydrogen (secondary N) is 2. The minimum atomic E-state index is -0.147. The van der Waals surface area contributed by atoms with Crippen LogP contribution >= 0.6 is 0 Å². The molecule has 3 heteroatoms. The van der Waals surface area contributed by atoms with E-state index in [9.17, 15) is 4.39 Å². The third-order valence-corrected chi connectivity index (χ3v) is 5.17. The molecule has 3 rings (SSSR count). The zero-order valence-corrected chi connectivity index (χ0v) is 12.8. The molecule has 1 aromatic carbocycles. The van der Waals surface area contributed by atoms with Crippen LogP contribution in [0.3, 0.4) is 0 Å². The van der Waals surface area contributed by atoms with Crippen LogP contribution in [0, 0.1) is 11.7 Å². The molecule has 1 heterocycles. The summed E-state index contributed by atoms with van der Waals surface area (Å²) >= 11 is 0. The highest BCUT2D eigenvalue weighted by atomic mass is 19.1. The summed E-state index contributed by atoms with van der Waals surface area (Å²) in [4.78, 5) is 0. The van der Waals surface area contributed by atoms with Gasteiger partial charge in [0.15, 0.2) is 0 Å². The Bertz CT molecular complexity index is 425. The van der Waals surface area contributed by atoms with Gasteiger partial charge in [0, 0.05) is 12.1 Å². The highest BCUT2D eigenvalue weighted by Crippen LogP contribution is 2.30. The molecule has 1 saturated heterocycles. The second-order valence-corrected chi connectivity index (χ2v) is 6.59.